The quantitative estimate of drug-likeness (QED) is 0.738. The average Bonchev–Trinajstić information content (AvgIpc) is 2.95. The van der Waals surface area contributed by atoms with E-state index in [-0.39, 0.29) is 18.4 Å². The molecule has 1 spiro atoms. The Balaban J connectivity index is 1.47. The van der Waals surface area contributed by atoms with Crippen molar-refractivity contribution in [3.05, 3.63) is 63.8 Å². The van der Waals surface area contributed by atoms with E-state index in [0.29, 0.717) is 43.9 Å². The van der Waals surface area contributed by atoms with Crippen molar-refractivity contribution >= 4 is 17.8 Å². The molecule has 0 saturated carbocycles. The number of hydrogen-bond acceptors (Lipinski definition) is 5. The highest BCUT2D eigenvalue weighted by atomic mass is 16.2. The molecular weight excluding hydrogens is 398 g/mol. The number of urea groups is 1. The van der Waals surface area contributed by atoms with Crippen LogP contribution in [-0.2, 0) is 22.7 Å². The van der Waals surface area contributed by atoms with Gasteiger partial charge in [0.25, 0.3) is 5.91 Å². The summed E-state index contributed by atoms with van der Waals surface area (Å²) < 4.78 is 1.35. The molecule has 0 unspecified atom stereocenters. The number of rotatable bonds is 4. The average molecular weight is 423 g/mol. The highest BCUT2D eigenvalue weighted by Crippen LogP contribution is 2.34. The second kappa shape index (κ2) is 7.98. The summed E-state index contributed by atoms with van der Waals surface area (Å²) in [5.74, 6) is -0.514. The van der Waals surface area contributed by atoms with Crippen LogP contribution < -0.4 is 11.0 Å². The minimum atomic E-state index is -0.956. The molecular formula is C22H25N5O4. The van der Waals surface area contributed by atoms with E-state index in [0.717, 1.165) is 5.56 Å². The van der Waals surface area contributed by atoms with Crippen LogP contribution in [0.2, 0.25) is 0 Å². The van der Waals surface area contributed by atoms with Crippen LogP contribution in [0.3, 0.4) is 0 Å². The number of aryl methyl sites for hydroxylation is 2. The van der Waals surface area contributed by atoms with Crippen molar-refractivity contribution in [1.82, 2.24) is 24.7 Å². The van der Waals surface area contributed by atoms with Gasteiger partial charge in [0.15, 0.2) is 0 Å². The van der Waals surface area contributed by atoms with E-state index in [1.54, 1.807) is 29.7 Å². The Morgan fingerprint density at radius 1 is 1.10 bits per heavy atom. The summed E-state index contributed by atoms with van der Waals surface area (Å²) >= 11 is 0. The van der Waals surface area contributed by atoms with Crippen LogP contribution >= 0.6 is 0 Å². The summed E-state index contributed by atoms with van der Waals surface area (Å²) in [5, 5.41) is 2.44. The maximum atomic E-state index is 12.8. The Morgan fingerprint density at radius 3 is 2.42 bits per heavy atom. The van der Waals surface area contributed by atoms with Crippen LogP contribution in [0.15, 0.2) is 41.2 Å². The van der Waals surface area contributed by atoms with Crippen molar-refractivity contribution in [2.75, 3.05) is 13.1 Å². The molecule has 31 heavy (non-hydrogen) atoms. The number of likely N-dealkylation sites (tertiary alicyclic amines) is 1. The topological polar surface area (TPSA) is 105 Å². The molecule has 0 bridgehead atoms. The smallest absolute Gasteiger partial charge is 0.341 e. The number of imide groups is 1. The molecule has 3 heterocycles. The summed E-state index contributed by atoms with van der Waals surface area (Å²) in [4.78, 5) is 57.3. The van der Waals surface area contributed by atoms with Crippen molar-refractivity contribution in [3.63, 3.8) is 0 Å². The van der Waals surface area contributed by atoms with Gasteiger partial charge in [-0.25, -0.2) is 9.59 Å². The highest BCUT2D eigenvalue weighted by Gasteiger charge is 2.54. The number of aromatic nitrogens is 2. The highest BCUT2D eigenvalue weighted by molar-refractivity contribution is 6.07. The Hall–Kier alpha value is -3.49. The molecule has 2 aromatic rings. The maximum Gasteiger partial charge on any atom is 0.348 e. The van der Waals surface area contributed by atoms with Gasteiger partial charge < -0.3 is 9.80 Å². The zero-order valence-electron chi connectivity index (χ0n) is 17.6. The lowest BCUT2D eigenvalue weighted by Gasteiger charge is -2.42. The zero-order valence-corrected chi connectivity index (χ0v) is 17.6. The van der Waals surface area contributed by atoms with Crippen LogP contribution in [0.1, 0.15) is 29.8 Å². The van der Waals surface area contributed by atoms with E-state index in [1.165, 1.54) is 4.57 Å². The Bertz CT molecular complexity index is 1090. The van der Waals surface area contributed by atoms with Crippen molar-refractivity contribution < 1.29 is 14.4 Å². The molecule has 162 valence electrons. The molecule has 4 rings (SSSR count). The maximum absolute atomic E-state index is 12.8. The lowest BCUT2D eigenvalue weighted by atomic mass is 9.85. The van der Waals surface area contributed by atoms with Crippen molar-refractivity contribution in [3.8, 4) is 0 Å². The van der Waals surface area contributed by atoms with Gasteiger partial charge in [0, 0.05) is 31.0 Å². The van der Waals surface area contributed by atoms with E-state index in [4.69, 9.17) is 0 Å². The van der Waals surface area contributed by atoms with Gasteiger partial charge in [0.05, 0.1) is 0 Å². The summed E-state index contributed by atoms with van der Waals surface area (Å²) in [6.45, 7) is 4.40. The third-order valence-electron chi connectivity index (χ3n) is 6.17. The molecule has 0 aliphatic carbocycles. The van der Waals surface area contributed by atoms with Gasteiger partial charge in [-0.1, -0.05) is 30.3 Å². The number of carbonyl (C=O) groups excluding carboxylic acids is 3. The first kappa shape index (κ1) is 20.8. The number of piperidine rings is 1. The second-order valence-corrected chi connectivity index (χ2v) is 8.15. The summed E-state index contributed by atoms with van der Waals surface area (Å²) in [5.41, 5.74) is 0.818. The van der Waals surface area contributed by atoms with E-state index in [9.17, 15) is 19.2 Å². The molecule has 1 aromatic carbocycles. The molecule has 2 aliphatic heterocycles. The van der Waals surface area contributed by atoms with Gasteiger partial charge >= 0.3 is 11.7 Å². The number of hydrogen-bond donors (Lipinski definition) is 1. The molecule has 1 aromatic heterocycles. The number of nitrogens with one attached hydrogen (secondary N) is 1. The minimum Gasteiger partial charge on any atom is -0.341 e. The normalized spacial score (nSPS) is 17.9. The van der Waals surface area contributed by atoms with Crippen LogP contribution in [0.25, 0.3) is 0 Å². The van der Waals surface area contributed by atoms with Gasteiger partial charge in [-0.3, -0.25) is 19.5 Å². The minimum absolute atomic E-state index is 0.0934. The zero-order chi connectivity index (χ0) is 22.2. The SMILES string of the molecule is Cc1cc(C)n(CC(=O)N2CCC3(CC2)C(=O)NC(=O)N3Cc2ccccc2)c(=O)n1. The fraction of sp³-hybridized carbons (Fsp3) is 0.409. The largest absolute Gasteiger partial charge is 0.348 e. The molecule has 9 heteroatoms. The lowest BCUT2D eigenvalue weighted by Crippen LogP contribution is -2.57. The van der Waals surface area contributed by atoms with Crippen LogP contribution in [0, 0.1) is 13.8 Å². The first-order valence-corrected chi connectivity index (χ1v) is 10.3. The fourth-order valence-corrected chi connectivity index (χ4v) is 4.41. The first-order chi connectivity index (χ1) is 14.8. The Kier molecular flexibility index (Phi) is 5.34. The Morgan fingerprint density at radius 2 is 1.77 bits per heavy atom. The van der Waals surface area contributed by atoms with Gasteiger partial charge in [-0.05, 0) is 38.3 Å². The molecule has 0 radical (unpaired) electrons. The van der Waals surface area contributed by atoms with E-state index >= 15 is 0 Å². The molecule has 2 saturated heterocycles. The second-order valence-electron chi connectivity index (χ2n) is 8.15. The van der Waals surface area contributed by atoms with Crippen LogP contribution in [0.4, 0.5) is 4.79 Å². The molecule has 0 atom stereocenters. The van der Waals surface area contributed by atoms with Crippen LogP contribution in [-0.4, -0.2) is 55.8 Å². The predicted molar refractivity (Wildman–Crippen MR) is 112 cm³/mol. The van der Waals surface area contributed by atoms with Crippen molar-refractivity contribution in [1.29, 1.82) is 0 Å². The lowest BCUT2D eigenvalue weighted by molar-refractivity contribution is -0.138. The number of carbonyl (C=O) groups is 3. The van der Waals surface area contributed by atoms with Gasteiger partial charge in [-0.2, -0.15) is 4.98 Å². The monoisotopic (exact) mass is 423 g/mol. The van der Waals surface area contributed by atoms with E-state index < -0.39 is 17.3 Å². The summed E-state index contributed by atoms with van der Waals surface area (Å²) in [7, 11) is 0. The number of amides is 4. The molecule has 2 fully saturated rings. The third-order valence-corrected chi connectivity index (χ3v) is 6.17. The van der Waals surface area contributed by atoms with Gasteiger partial charge in [-0.15, -0.1) is 0 Å². The molecule has 4 amide bonds. The van der Waals surface area contributed by atoms with Crippen molar-refractivity contribution in [2.24, 2.45) is 0 Å². The molecule has 1 N–H and O–H groups in total. The fourth-order valence-electron chi connectivity index (χ4n) is 4.41. The van der Waals surface area contributed by atoms with Crippen LogP contribution in [0.5, 0.6) is 0 Å². The predicted octanol–water partition coefficient (Wildman–Crippen LogP) is 0.973. The molecule has 9 nitrogen and oxygen atoms in total. The first-order valence-electron chi connectivity index (χ1n) is 10.3. The third kappa shape index (κ3) is 3.83. The van der Waals surface area contributed by atoms with Gasteiger partial charge in [0.2, 0.25) is 5.91 Å². The molecule has 2 aliphatic rings. The summed E-state index contributed by atoms with van der Waals surface area (Å²) in [6.07, 6.45) is 0.701. The standard InChI is InChI=1S/C22H25N5O4/c1-15-12-16(2)26(20(30)23-15)14-18(28)25-10-8-22(9-11-25)19(29)24-21(31)27(22)13-17-6-4-3-5-7-17/h3-7,12H,8-11,13-14H2,1-2H3,(H,24,29,31). The van der Waals surface area contributed by atoms with Gasteiger partial charge in [0.1, 0.15) is 12.1 Å². The van der Waals surface area contributed by atoms with E-state index in [2.05, 4.69) is 10.3 Å². The Labute approximate surface area is 179 Å². The number of benzene rings is 1. The number of nitrogens with zero attached hydrogens (tertiary/aromatic N) is 4. The van der Waals surface area contributed by atoms with E-state index in [1.807, 2.05) is 30.3 Å². The van der Waals surface area contributed by atoms with Crippen molar-refractivity contribution in [2.45, 2.75) is 45.3 Å². The summed E-state index contributed by atoms with van der Waals surface area (Å²) in [6, 6.07) is 10.9.